The van der Waals surface area contributed by atoms with Gasteiger partial charge in [-0.3, -0.25) is 9.59 Å². The summed E-state index contributed by atoms with van der Waals surface area (Å²) in [5, 5.41) is 9.63. The number of carbonyl (C=O) groups is 2. The highest BCUT2D eigenvalue weighted by Gasteiger charge is 2.55. The van der Waals surface area contributed by atoms with Gasteiger partial charge in [0.25, 0.3) is 5.91 Å². The minimum Gasteiger partial charge on any atom is -0.494 e. The predicted octanol–water partition coefficient (Wildman–Crippen LogP) is 3.19. The highest BCUT2D eigenvalue weighted by Crippen LogP contribution is 2.49. The second-order valence-electron chi connectivity index (χ2n) is 6.96. The monoisotopic (exact) mass is 331 g/mol. The lowest BCUT2D eigenvalue weighted by atomic mass is 9.81. The molecule has 1 amide bonds. The highest BCUT2D eigenvalue weighted by molar-refractivity contribution is 5.95. The van der Waals surface area contributed by atoms with Gasteiger partial charge in [-0.05, 0) is 49.4 Å². The number of carboxylic acids is 1. The molecule has 2 aliphatic rings. The molecule has 1 saturated carbocycles. The number of nitrogens with zero attached hydrogens (tertiary/aromatic N) is 1. The first kappa shape index (κ1) is 16.8. The average Bonchev–Trinajstić information content (AvgIpc) is 3.13. The number of unbranched alkanes of at least 4 members (excludes halogenated alkanes) is 1. The van der Waals surface area contributed by atoms with E-state index >= 15 is 0 Å². The standard InChI is InChI=1S/C19H25NO4/c1-2-3-11-24-16-8-6-14(7-9-16)17(21)20-12-15-5-4-10-19(15,13-20)18(22)23/h6-9,15H,2-5,10-13H2,1H3,(H,22,23)/t15-,19+/m0/s1. The molecule has 0 bridgehead atoms. The number of carbonyl (C=O) groups excluding carboxylic acids is 1. The zero-order valence-electron chi connectivity index (χ0n) is 14.2. The Hall–Kier alpha value is -2.04. The van der Waals surface area contributed by atoms with Crippen LogP contribution in [0.1, 0.15) is 49.4 Å². The second-order valence-corrected chi connectivity index (χ2v) is 6.96. The molecule has 0 aromatic heterocycles. The fourth-order valence-corrected chi connectivity index (χ4v) is 4.00. The van der Waals surface area contributed by atoms with Gasteiger partial charge in [0, 0.05) is 18.7 Å². The molecule has 1 aliphatic carbocycles. The Morgan fingerprint density at radius 2 is 2.08 bits per heavy atom. The summed E-state index contributed by atoms with van der Waals surface area (Å²) in [5.41, 5.74) is -0.128. The van der Waals surface area contributed by atoms with E-state index in [1.54, 1.807) is 17.0 Å². The van der Waals surface area contributed by atoms with Gasteiger partial charge in [-0.25, -0.2) is 0 Å². The molecule has 5 nitrogen and oxygen atoms in total. The molecule has 0 unspecified atom stereocenters. The summed E-state index contributed by atoms with van der Waals surface area (Å²) in [4.78, 5) is 26.1. The van der Waals surface area contributed by atoms with Crippen molar-refractivity contribution in [2.75, 3.05) is 19.7 Å². The number of hydrogen-bond acceptors (Lipinski definition) is 3. The Morgan fingerprint density at radius 3 is 2.71 bits per heavy atom. The fourth-order valence-electron chi connectivity index (χ4n) is 4.00. The number of hydrogen-bond donors (Lipinski definition) is 1. The molecule has 1 heterocycles. The zero-order chi connectivity index (χ0) is 17.2. The van der Waals surface area contributed by atoms with E-state index in [-0.39, 0.29) is 11.8 Å². The number of benzene rings is 1. The maximum atomic E-state index is 12.7. The fraction of sp³-hybridized carbons (Fsp3) is 0.579. The Kier molecular flexibility index (Phi) is 4.78. The van der Waals surface area contributed by atoms with E-state index in [1.807, 2.05) is 12.1 Å². The molecule has 2 fully saturated rings. The normalized spacial score (nSPS) is 25.5. The van der Waals surface area contributed by atoms with Crippen molar-refractivity contribution in [3.8, 4) is 5.75 Å². The van der Waals surface area contributed by atoms with Crippen molar-refractivity contribution in [2.45, 2.75) is 39.0 Å². The van der Waals surface area contributed by atoms with Crippen LogP contribution in [0.2, 0.25) is 0 Å². The molecular weight excluding hydrogens is 306 g/mol. The van der Waals surface area contributed by atoms with E-state index < -0.39 is 11.4 Å². The van der Waals surface area contributed by atoms with E-state index in [4.69, 9.17) is 4.74 Å². The van der Waals surface area contributed by atoms with Gasteiger partial charge in [0.15, 0.2) is 0 Å². The molecule has 0 radical (unpaired) electrons. The predicted molar refractivity (Wildman–Crippen MR) is 90.2 cm³/mol. The van der Waals surface area contributed by atoms with Gasteiger partial charge < -0.3 is 14.7 Å². The van der Waals surface area contributed by atoms with Crippen LogP contribution in [0, 0.1) is 11.3 Å². The van der Waals surface area contributed by atoms with E-state index in [0.29, 0.717) is 31.7 Å². The summed E-state index contributed by atoms with van der Waals surface area (Å²) < 4.78 is 5.61. The first-order valence-electron chi connectivity index (χ1n) is 8.82. The number of likely N-dealkylation sites (tertiary alicyclic amines) is 1. The maximum Gasteiger partial charge on any atom is 0.311 e. The second kappa shape index (κ2) is 6.83. The van der Waals surface area contributed by atoms with Crippen molar-refractivity contribution in [1.82, 2.24) is 4.90 Å². The van der Waals surface area contributed by atoms with Gasteiger partial charge in [-0.2, -0.15) is 0 Å². The van der Waals surface area contributed by atoms with E-state index in [9.17, 15) is 14.7 Å². The van der Waals surface area contributed by atoms with Gasteiger partial charge >= 0.3 is 5.97 Å². The van der Waals surface area contributed by atoms with Crippen LogP contribution in [0.3, 0.4) is 0 Å². The first-order valence-corrected chi connectivity index (χ1v) is 8.82. The lowest BCUT2D eigenvalue weighted by molar-refractivity contribution is -0.149. The third kappa shape index (κ3) is 2.99. The van der Waals surface area contributed by atoms with E-state index in [2.05, 4.69) is 6.92 Å². The number of rotatable bonds is 6. The molecule has 130 valence electrons. The summed E-state index contributed by atoms with van der Waals surface area (Å²) in [6.45, 7) is 3.68. The van der Waals surface area contributed by atoms with Gasteiger partial charge in [0.05, 0.1) is 12.0 Å². The SMILES string of the molecule is CCCCOc1ccc(C(=O)N2C[C@@H]3CCC[C@@]3(C(=O)O)C2)cc1. The molecule has 3 rings (SSSR count). The highest BCUT2D eigenvalue weighted by atomic mass is 16.5. The Morgan fingerprint density at radius 1 is 1.33 bits per heavy atom. The minimum atomic E-state index is -0.750. The van der Waals surface area contributed by atoms with Gasteiger partial charge in [-0.15, -0.1) is 0 Å². The van der Waals surface area contributed by atoms with E-state index in [1.165, 1.54) is 0 Å². The van der Waals surface area contributed by atoms with Crippen LogP contribution < -0.4 is 4.74 Å². The zero-order valence-corrected chi connectivity index (χ0v) is 14.2. The number of ether oxygens (including phenoxy) is 1. The lowest BCUT2D eigenvalue weighted by Gasteiger charge is -2.23. The molecule has 0 spiro atoms. The summed E-state index contributed by atoms with van der Waals surface area (Å²) in [6.07, 6.45) is 4.62. The Bertz CT molecular complexity index is 612. The summed E-state index contributed by atoms with van der Waals surface area (Å²) >= 11 is 0. The van der Waals surface area contributed by atoms with Crippen LogP contribution in [-0.2, 0) is 4.79 Å². The van der Waals surface area contributed by atoms with Gasteiger partial charge in [-0.1, -0.05) is 19.8 Å². The topological polar surface area (TPSA) is 66.8 Å². The van der Waals surface area contributed by atoms with Crippen LogP contribution in [0.15, 0.2) is 24.3 Å². The third-order valence-electron chi connectivity index (χ3n) is 5.45. The third-order valence-corrected chi connectivity index (χ3v) is 5.45. The van der Waals surface area contributed by atoms with Crippen LogP contribution in [0.4, 0.5) is 0 Å². The number of aliphatic carboxylic acids is 1. The average molecular weight is 331 g/mol. The molecule has 1 aromatic carbocycles. The molecule has 2 atom stereocenters. The summed E-state index contributed by atoms with van der Waals surface area (Å²) in [5.74, 6) is 0.0287. The molecular formula is C19H25NO4. The minimum absolute atomic E-state index is 0.0786. The van der Waals surface area contributed by atoms with Crippen molar-refractivity contribution < 1.29 is 19.4 Å². The number of fused-ring (bicyclic) bond motifs is 1. The quantitative estimate of drug-likeness (QED) is 0.813. The summed E-state index contributed by atoms with van der Waals surface area (Å²) in [7, 11) is 0. The van der Waals surface area contributed by atoms with Gasteiger partial charge in [0.2, 0.25) is 0 Å². The van der Waals surface area contributed by atoms with Crippen molar-refractivity contribution in [3.63, 3.8) is 0 Å². The largest absolute Gasteiger partial charge is 0.494 e. The molecule has 1 aromatic rings. The van der Waals surface area contributed by atoms with Crippen LogP contribution >= 0.6 is 0 Å². The van der Waals surface area contributed by atoms with E-state index in [0.717, 1.165) is 31.4 Å². The summed E-state index contributed by atoms with van der Waals surface area (Å²) in [6, 6.07) is 7.16. The number of amides is 1. The smallest absolute Gasteiger partial charge is 0.311 e. The lowest BCUT2D eigenvalue weighted by Crippen LogP contribution is -2.37. The van der Waals surface area contributed by atoms with Crippen molar-refractivity contribution in [2.24, 2.45) is 11.3 Å². The van der Waals surface area contributed by atoms with Gasteiger partial charge in [0.1, 0.15) is 5.75 Å². The Balaban J connectivity index is 1.66. The molecule has 1 aliphatic heterocycles. The molecule has 1 saturated heterocycles. The van der Waals surface area contributed by atoms with Crippen LogP contribution in [-0.4, -0.2) is 41.6 Å². The molecule has 24 heavy (non-hydrogen) atoms. The molecule has 5 heteroatoms. The van der Waals surface area contributed by atoms with Crippen molar-refractivity contribution in [1.29, 1.82) is 0 Å². The maximum absolute atomic E-state index is 12.7. The van der Waals surface area contributed by atoms with Crippen molar-refractivity contribution in [3.05, 3.63) is 29.8 Å². The first-order chi connectivity index (χ1) is 11.6. The Labute approximate surface area is 142 Å². The van der Waals surface area contributed by atoms with Crippen LogP contribution in [0.5, 0.6) is 5.75 Å². The van der Waals surface area contributed by atoms with Crippen LogP contribution in [0.25, 0.3) is 0 Å². The number of carboxylic acid groups (broad SMARTS) is 1. The molecule has 1 N–H and O–H groups in total. The van der Waals surface area contributed by atoms with Crippen molar-refractivity contribution >= 4 is 11.9 Å².